The summed E-state index contributed by atoms with van der Waals surface area (Å²) in [6.45, 7) is 3.14. The largest absolute Gasteiger partial charge is 0.432 e. The highest BCUT2D eigenvalue weighted by Gasteiger charge is 2.35. The van der Waals surface area contributed by atoms with Gasteiger partial charge in [-0.15, -0.1) is 0 Å². The molecule has 0 atom stereocenters. The Morgan fingerprint density at radius 3 is 2.39 bits per heavy atom. The van der Waals surface area contributed by atoms with Gasteiger partial charge in [-0.2, -0.15) is 18.3 Å². The summed E-state index contributed by atoms with van der Waals surface area (Å²) in [5, 5.41) is 20.5. The molecule has 9 heteroatoms. The number of anilines is 3. The first kappa shape index (κ1) is 22.3. The lowest BCUT2D eigenvalue weighted by Crippen LogP contribution is -2.31. The summed E-state index contributed by atoms with van der Waals surface area (Å²) in [6.07, 6.45) is -4.65. The van der Waals surface area contributed by atoms with E-state index in [1.807, 2.05) is 35.4 Å². The van der Waals surface area contributed by atoms with Gasteiger partial charge in [0.1, 0.15) is 5.69 Å². The van der Waals surface area contributed by atoms with Crippen LogP contribution in [0.2, 0.25) is 0 Å². The van der Waals surface area contributed by atoms with Crippen molar-refractivity contribution in [2.75, 3.05) is 10.2 Å². The van der Waals surface area contributed by atoms with Crippen molar-refractivity contribution in [2.24, 2.45) is 0 Å². The Balaban J connectivity index is 1.79. The number of hydrogen-bond donors (Lipinski definition) is 3. The zero-order valence-electron chi connectivity index (χ0n) is 17.8. The van der Waals surface area contributed by atoms with Crippen LogP contribution in [0.15, 0.2) is 72.8 Å². The average Bonchev–Trinajstić information content (AvgIpc) is 3.24. The zero-order chi connectivity index (χ0) is 23.8. The molecule has 3 N–H and O–H groups in total. The van der Waals surface area contributed by atoms with Crippen molar-refractivity contribution in [3.8, 4) is 0 Å². The molecule has 4 rings (SSSR count). The van der Waals surface area contributed by atoms with Gasteiger partial charge in [0.2, 0.25) is 0 Å². The van der Waals surface area contributed by atoms with E-state index >= 15 is 0 Å². The molecule has 0 fully saturated rings. The van der Waals surface area contributed by atoms with Crippen LogP contribution in [0.25, 0.3) is 10.8 Å². The first-order chi connectivity index (χ1) is 15.5. The number of aromatic amines is 1. The average molecular weight is 454 g/mol. The van der Waals surface area contributed by atoms with E-state index in [0.717, 1.165) is 21.7 Å². The van der Waals surface area contributed by atoms with Gasteiger partial charge in [-0.05, 0) is 43.0 Å². The summed E-state index contributed by atoms with van der Waals surface area (Å²) < 4.78 is 39.6. The molecule has 0 aliphatic carbocycles. The van der Waals surface area contributed by atoms with Crippen LogP contribution < -0.4 is 10.2 Å². The highest BCUT2D eigenvalue weighted by molar-refractivity contribution is 6.10. The highest BCUT2D eigenvalue weighted by atomic mass is 19.4. The van der Waals surface area contributed by atoms with Gasteiger partial charge in [-0.25, -0.2) is 9.69 Å². The number of fused-ring (bicyclic) bond motifs is 1. The van der Waals surface area contributed by atoms with Crippen molar-refractivity contribution in [1.29, 1.82) is 0 Å². The number of halogens is 3. The van der Waals surface area contributed by atoms with E-state index in [4.69, 9.17) is 0 Å². The number of amides is 2. The Labute approximate surface area is 187 Å². The van der Waals surface area contributed by atoms with Crippen molar-refractivity contribution in [1.82, 2.24) is 10.2 Å². The Morgan fingerprint density at radius 1 is 1.00 bits per heavy atom. The molecule has 33 heavy (non-hydrogen) atoms. The number of alkyl halides is 3. The second-order valence-electron chi connectivity index (χ2n) is 8.04. The predicted octanol–water partition coefficient (Wildman–Crippen LogP) is 6.18. The fourth-order valence-electron chi connectivity index (χ4n) is 3.46. The van der Waals surface area contributed by atoms with Crippen molar-refractivity contribution in [2.45, 2.75) is 25.6 Å². The number of H-pyrrole nitrogens is 1. The molecular formula is C24H21F3N4O2. The van der Waals surface area contributed by atoms with E-state index in [1.165, 1.54) is 6.07 Å². The van der Waals surface area contributed by atoms with Crippen LogP contribution >= 0.6 is 0 Å². The maximum absolute atomic E-state index is 13.4. The lowest BCUT2D eigenvalue weighted by molar-refractivity contribution is -0.141. The molecule has 170 valence electrons. The van der Waals surface area contributed by atoms with Gasteiger partial charge in [0, 0.05) is 11.5 Å². The van der Waals surface area contributed by atoms with Crippen LogP contribution in [-0.2, 0) is 11.8 Å². The van der Waals surface area contributed by atoms with E-state index in [2.05, 4.69) is 10.4 Å². The molecule has 0 saturated carbocycles. The fourth-order valence-corrected chi connectivity index (χ4v) is 3.46. The summed E-state index contributed by atoms with van der Waals surface area (Å²) >= 11 is 0. The van der Waals surface area contributed by atoms with Gasteiger partial charge in [0.05, 0.1) is 17.0 Å². The van der Waals surface area contributed by atoms with Crippen molar-refractivity contribution in [3.05, 3.63) is 84.1 Å². The molecule has 0 radical (unpaired) electrons. The van der Waals surface area contributed by atoms with Crippen molar-refractivity contribution < 1.29 is 23.1 Å². The SMILES string of the molecule is CC(C)(O)c1cccc(N(C(=O)Nc2cccc3ccccc23)c2cc(C(F)(F)F)[nH]n2)c1. The highest BCUT2D eigenvalue weighted by Crippen LogP contribution is 2.34. The van der Waals surface area contributed by atoms with Gasteiger partial charge in [0.15, 0.2) is 5.82 Å². The van der Waals surface area contributed by atoms with Gasteiger partial charge < -0.3 is 10.4 Å². The molecule has 0 saturated heterocycles. The van der Waals surface area contributed by atoms with Gasteiger partial charge >= 0.3 is 12.2 Å². The number of urea groups is 1. The van der Waals surface area contributed by atoms with E-state index in [9.17, 15) is 23.1 Å². The summed E-state index contributed by atoms with van der Waals surface area (Å²) in [6, 6.07) is 19.2. The normalized spacial score (nSPS) is 12.1. The van der Waals surface area contributed by atoms with Crippen LogP contribution in [0.4, 0.5) is 35.2 Å². The number of aliphatic hydroxyl groups is 1. The lowest BCUT2D eigenvalue weighted by atomic mass is 9.98. The van der Waals surface area contributed by atoms with Crippen molar-refractivity contribution in [3.63, 3.8) is 0 Å². The number of nitrogens with zero attached hydrogens (tertiary/aromatic N) is 2. The van der Waals surface area contributed by atoms with E-state index in [1.54, 1.807) is 44.2 Å². The molecule has 0 spiro atoms. The van der Waals surface area contributed by atoms with Gasteiger partial charge in [0.25, 0.3) is 0 Å². The third-order valence-electron chi connectivity index (χ3n) is 5.14. The number of benzene rings is 3. The van der Waals surface area contributed by atoms with Crippen LogP contribution in [0.1, 0.15) is 25.1 Å². The second kappa shape index (κ2) is 8.25. The molecule has 3 aromatic carbocycles. The molecule has 0 bridgehead atoms. The van der Waals surface area contributed by atoms with Gasteiger partial charge in [-0.3, -0.25) is 5.10 Å². The van der Waals surface area contributed by atoms with Crippen LogP contribution in [0.3, 0.4) is 0 Å². The third kappa shape index (κ3) is 4.68. The van der Waals surface area contributed by atoms with E-state index in [-0.39, 0.29) is 11.5 Å². The van der Waals surface area contributed by atoms with Crippen LogP contribution in [-0.4, -0.2) is 21.3 Å². The van der Waals surface area contributed by atoms with Crippen molar-refractivity contribution >= 4 is 34.0 Å². The molecule has 0 unspecified atom stereocenters. The maximum atomic E-state index is 13.4. The van der Waals surface area contributed by atoms with Gasteiger partial charge in [-0.1, -0.05) is 48.5 Å². The Morgan fingerprint density at radius 2 is 1.70 bits per heavy atom. The topological polar surface area (TPSA) is 81.2 Å². The molecule has 6 nitrogen and oxygen atoms in total. The Kier molecular flexibility index (Phi) is 5.59. The Hall–Kier alpha value is -3.85. The predicted molar refractivity (Wildman–Crippen MR) is 120 cm³/mol. The number of rotatable bonds is 4. The number of hydrogen-bond acceptors (Lipinski definition) is 3. The minimum absolute atomic E-state index is 0.243. The number of carbonyl (C=O) groups excluding carboxylic acids is 1. The molecule has 0 aliphatic rings. The fraction of sp³-hybridized carbons (Fsp3) is 0.167. The smallest absolute Gasteiger partial charge is 0.386 e. The summed E-state index contributed by atoms with van der Waals surface area (Å²) in [5.74, 6) is -0.243. The van der Waals surface area contributed by atoms with E-state index in [0.29, 0.717) is 11.3 Å². The maximum Gasteiger partial charge on any atom is 0.432 e. The second-order valence-corrected chi connectivity index (χ2v) is 8.04. The minimum Gasteiger partial charge on any atom is -0.386 e. The minimum atomic E-state index is -4.65. The molecule has 4 aromatic rings. The molecular weight excluding hydrogens is 433 g/mol. The summed E-state index contributed by atoms with van der Waals surface area (Å²) in [5.41, 5.74) is -1.09. The molecule has 2 amide bonds. The number of nitrogens with one attached hydrogen (secondary N) is 2. The first-order valence-corrected chi connectivity index (χ1v) is 10.1. The van der Waals surface area contributed by atoms with Crippen LogP contribution in [0.5, 0.6) is 0 Å². The number of carbonyl (C=O) groups is 1. The van der Waals surface area contributed by atoms with E-state index < -0.39 is 23.5 Å². The monoisotopic (exact) mass is 454 g/mol. The lowest BCUT2D eigenvalue weighted by Gasteiger charge is -2.24. The summed E-state index contributed by atoms with van der Waals surface area (Å²) in [4.78, 5) is 14.4. The summed E-state index contributed by atoms with van der Waals surface area (Å²) in [7, 11) is 0. The third-order valence-corrected chi connectivity index (χ3v) is 5.14. The molecule has 1 aromatic heterocycles. The molecule has 1 heterocycles. The standard InChI is InChI=1S/C24H21F3N4O2/c1-23(2,33)16-9-6-10-17(13-16)31(21-14-20(29-30-21)24(25,26)27)22(32)28-19-12-5-8-15-7-3-4-11-18(15)19/h3-14,33H,1-2H3,(H,28,32)(H,29,30). The Bertz CT molecular complexity index is 1300. The number of aromatic nitrogens is 2. The molecule has 0 aliphatic heterocycles. The zero-order valence-corrected chi connectivity index (χ0v) is 17.8. The first-order valence-electron chi connectivity index (χ1n) is 10.1. The van der Waals surface area contributed by atoms with Crippen LogP contribution in [0, 0.1) is 0 Å². The quantitative estimate of drug-likeness (QED) is 0.344.